The fourth-order valence-electron chi connectivity index (χ4n) is 3.18. The maximum absolute atomic E-state index is 11.2. The van der Waals surface area contributed by atoms with Gasteiger partial charge in [0.2, 0.25) is 0 Å². The molecule has 0 spiro atoms. The molecule has 3 aromatic rings. The summed E-state index contributed by atoms with van der Waals surface area (Å²) in [7, 11) is 4.80. The minimum absolute atomic E-state index is 0.248. The van der Waals surface area contributed by atoms with Crippen LogP contribution in [0.3, 0.4) is 0 Å². The van der Waals surface area contributed by atoms with Crippen molar-refractivity contribution in [2.24, 2.45) is 0 Å². The van der Waals surface area contributed by atoms with Crippen molar-refractivity contribution in [2.75, 3.05) is 21.3 Å². The summed E-state index contributed by atoms with van der Waals surface area (Å²) >= 11 is 0. The van der Waals surface area contributed by atoms with Crippen LogP contribution >= 0.6 is 0 Å². The lowest BCUT2D eigenvalue weighted by Gasteiger charge is -2.19. The number of aromatic carboxylic acids is 1. The van der Waals surface area contributed by atoms with E-state index in [-0.39, 0.29) is 5.56 Å². The van der Waals surface area contributed by atoms with E-state index in [2.05, 4.69) is 0 Å². The highest BCUT2D eigenvalue weighted by Gasteiger charge is 2.21. The van der Waals surface area contributed by atoms with Gasteiger partial charge < -0.3 is 19.3 Å². The van der Waals surface area contributed by atoms with Crippen LogP contribution in [0.4, 0.5) is 0 Å². The lowest BCUT2D eigenvalue weighted by Crippen LogP contribution is -1.99. The quantitative estimate of drug-likeness (QED) is 0.733. The van der Waals surface area contributed by atoms with Gasteiger partial charge in [-0.15, -0.1) is 0 Å². The number of hydrogen-bond acceptors (Lipinski definition) is 4. The number of carbonyl (C=O) groups is 1. The molecule has 0 amide bonds. The van der Waals surface area contributed by atoms with Gasteiger partial charge in [-0.2, -0.15) is 0 Å². The van der Waals surface area contributed by atoms with E-state index in [0.29, 0.717) is 17.2 Å². The molecule has 5 nitrogen and oxygen atoms in total. The van der Waals surface area contributed by atoms with E-state index in [4.69, 9.17) is 14.2 Å². The maximum atomic E-state index is 11.2. The normalized spacial score (nSPS) is 10.8. The molecule has 0 aromatic heterocycles. The summed E-state index contributed by atoms with van der Waals surface area (Å²) in [5.74, 6) is 1.00. The molecule has 0 bridgehead atoms. The van der Waals surface area contributed by atoms with E-state index in [1.165, 1.54) is 0 Å². The van der Waals surface area contributed by atoms with Crippen molar-refractivity contribution in [2.45, 2.75) is 6.92 Å². The number of ether oxygens (including phenoxy) is 3. The smallest absolute Gasteiger partial charge is 0.335 e. The van der Waals surface area contributed by atoms with Gasteiger partial charge in [-0.05, 0) is 35.9 Å². The van der Waals surface area contributed by atoms with Crippen LogP contribution in [0, 0.1) is 6.92 Å². The lowest BCUT2D eigenvalue weighted by molar-refractivity contribution is 0.0697. The summed E-state index contributed by atoms with van der Waals surface area (Å²) in [4.78, 5) is 11.2. The van der Waals surface area contributed by atoms with Gasteiger partial charge in [0.25, 0.3) is 0 Å². The molecule has 0 radical (unpaired) electrons. The zero-order valence-corrected chi connectivity index (χ0v) is 14.0. The Morgan fingerprint density at radius 2 is 1.50 bits per heavy atom. The third kappa shape index (κ3) is 2.21. The number of rotatable bonds is 4. The molecular weight excluding hydrogens is 308 g/mol. The average molecular weight is 326 g/mol. The molecule has 3 rings (SSSR count). The Kier molecular flexibility index (Phi) is 3.93. The molecule has 0 unspecified atom stereocenters. The zero-order valence-electron chi connectivity index (χ0n) is 14.0. The van der Waals surface area contributed by atoms with Gasteiger partial charge in [0, 0.05) is 16.3 Å². The molecule has 0 heterocycles. The third-order valence-corrected chi connectivity index (χ3v) is 4.24. The summed E-state index contributed by atoms with van der Waals surface area (Å²) < 4.78 is 16.7. The van der Waals surface area contributed by atoms with Gasteiger partial charge in [-0.25, -0.2) is 4.79 Å². The van der Waals surface area contributed by atoms with E-state index in [1.807, 2.05) is 19.1 Å². The van der Waals surface area contributed by atoms with Gasteiger partial charge in [-0.3, -0.25) is 0 Å². The molecule has 3 aromatic carbocycles. The van der Waals surface area contributed by atoms with Crippen LogP contribution in [0.1, 0.15) is 15.9 Å². The van der Waals surface area contributed by atoms with Crippen molar-refractivity contribution in [1.29, 1.82) is 0 Å². The van der Waals surface area contributed by atoms with Gasteiger partial charge >= 0.3 is 5.97 Å². The van der Waals surface area contributed by atoms with E-state index in [1.54, 1.807) is 39.5 Å². The number of benzene rings is 3. The summed E-state index contributed by atoms with van der Waals surface area (Å²) in [5.41, 5.74) is 1.08. The average Bonchev–Trinajstić information content (AvgIpc) is 2.59. The second-order valence-electron chi connectivity index (χ2n) is 5.45. The third-order valence-electron chi connectivity index (χ3n) is 4.24. The number of carboxylic acid groups (broad SMARTS) is 1. The minimum atomic E-state index is -0.951. The molecule has 0 fully saturated rings. The van der Waals surface area contributed by atoms with Gasteiger partial charge in [0.15, 0.2) is 11.5 Å². The van der Waals surface area contributed by atoms with Crippen LogP contribution in [0.2, 0.25) is 0 Å². The molecular formula is C19H18O5. The number of carboxylic acids is 1. The molecule has 0 saturated heterocycles. The first kappa shape index (κ1) is 15.9. The van der Waals surface area contributed by atoms with Crippen molar-refractivity contribution in [3.8, 4) is 17.2 Å². The van der Waals surface area contributed by atoms with Gasteiger partial charge in [0.05, 0.1) is 26.9 Å². The van der Waals surface area contributed by atoms with E-state index in [9.17, 15) is 9.90 Å². The van der Waals surface area contributed by atoms with E-state index >= 15 is 0 Å². The Morgan fingerprint density at radius 1 is 0.875 bits per heavy atom. The fraction of sp³-hybridized carbons (Fsp3) is 0.211. The molecule has 124 valence electrons. The molecule has 0 saturated carbocycles. The number of hydrogen-bond donors (Lipinski definition) is 1. The van der Waals surface area contributed by atoms with Crippen LogP contribution in [0.25, 0.3) is 21.5 Å². The highest BCUT2D eigenvalue weighted by Crippen LogP contribution is 2.47. The molecule has 24 heavy (non-hydrogen) atoms. The van der Waals surface area contributed by atoms with Crippen LogP contribution in [0.15, 0.2) is 30.3 Å². The topological polar surface area (TPSA) is 65.0 Å². The number of methoxy groups -OCH3 is 3. The van der Waals surface area contributed by atoms with Crippen molar-refractivity contribution in [3.05, 3.63) is 41.5 Å². The van der Waals surface area contributed by atoms with Crippen molar-refractivity contribution in [1.82, 2.24) is 0 Å². The molecule has 0 aliphatic heterocycles. The summed E-state index contributed by atoms with van der Waals surface area (Å²) in [6.45, 7) is 1.91. The molecule has 1 N–H and O–H groups in total. The summed E-state index contributed by atoms with van der Waals surface area (Å²) in [6.07, 6.45) is 0. The van der Waals surface area contributed by atoms with E-state index < -0.39 is 5.97 Å². The molecule has 0 aliphatic carbocycles. The predicted octanol–water partition coefficient (Wildman–Crippen LogP) is 4.03. The Balaban J connectivity index is 2.52. The number of fused-ring (bicyclic) bond motifs is 3. The highest BCUT2D eigenvalue weighted by atomic mass is 16.5. The Morgan fingerprint density at radius 3 is 2.08 bits per heavy atom. The fourth-order valence-corrected chi connectivity index (χ4v) is 3.18. The first-order valence-electron chi connectivity index (χ1n) is 7.41. The Hall–Kier alpha value is -2.95. The Labute approximate surface area is 139 Å². The standard InChI is InChI=1S/C19H18O5/c1-10-16(22-2)15-13-7-6-12(19(20)21)9-11(13)5-8-14(15)18(24-4)17(10)23-3/h5-9H,1-4H3,(H,20,21). The SMILES string of the molecule is COc1c(C)c(OC)c2c(ccc3cc(C(=O)O)ccc32)c1OC. The lowest BCUT2D eigenvalue weighted by atomic mass is 9.96. The van der Waals surface area contributed by atoms with Crippen molar-refractivity contribution in [3.63, 3.8) is 0 Å². The molecule has 5 heteroatoms. The van der Waals surface area contributed by atoms with Crippen LogP contribution < -0.4 is 14.2 Å². The minimum Gasteiger partial charge on any atom is -0.496 e. The van der Waals surface area contributed by atoms with Crippen molar-refractivity contribution >= 4 is 27.5 Å². The molecule has 0 atom stereocenters. The summed E-state index contributed by atoms with van der Waals surface area (Å²) in [6, 6.07) is 8.82. The zero-order chi connectivity index (χ0) is 17.4. The van der Waals surface area contributed by atoms with E-state index in [0.717, 1.165) is 27.1 Å². The van der Waals surface area contributed by atoms with Gasteiger partial charge in [-0.1, -0.05) is 12.1 Å². The molecule has 0 aliphatic rings. The second-order valence-corrected chi connectivity index (χ2v) is 5.45. The highest BCUT2D eigenvalue weighted by molar-refractivity contribution is 6.15. The van der Waals surface area contributed by atoms with Crippen LogP contribution in [0.5, 0.6) is 17.2 Å². The van der Waals surface area contributed by atoms with Crippen LogP contribution in [-0.2, 0) is 0 Å². The first-order chi connectivity index (χ1) is 11.5. The first-order valence-corrected chi connectivity index (χ1v) is 7.41. The second kappa shape index (κ2) is 5.92. The predicted molar refractivity (Wildman–Crippen MR) is 92.8 cm³/mol. The largest absolute Gasteiger partial charge is 0.496 e. The van der Waals surface area contributed by atoms with Crippen LogP contribution in [-0.4, -0.2) is 32.4 Å². The maximum Gasteiger partial charge on any atom is 0.335 e. The van der Waals surface area contributed by atoms with Gasteiger partial charge in [0.1, 0.15) is 5.75 Å². The Bertz CT molecular complexity index is 959. The monoisotopic (exact) mass is 326 g/mol. The summed E-state index contributed by atoms with van der Waals surface area (Å²) in [5, 5.41) is 12.7. The van der Waals surface area contributed by atoms with Crippen molar-refractivity contribution < 1.29 is 24.1 Å².